The Morgan fingerprint density at radius 1 is 1.42 bits per heavy atom. The number of anilines is 1. The highest BCUT2D eigenvalue weighted by Gasteiger charge is 2.26. The molecule has 0 aromatic carbocycles. The van der Waals surface area contributed by atoms with Gasteiger partial charge in [-0.15, -0.1) is 0 Å². The third-order valence-corrected chi connectivity index (χ3v) is 4.55. The fourth-order valence-corrected chi connectivity index (χ4v) is 3.48. The zero-order chi connectivity index (χ0) is 18.9. The number of fused-ring (bicyclic) bond motifs is 1. The number of carbonyl (C=O) groups excluding carboxylic acids is 1. The lowest BCUT2D eigenvalue weighted by Crippen LogP contribution is -2.43. The van der Waals surface area contributed by atoms with E-state index in [1.807, 2.05) is 45.5 Å². The van der Waals surface area contributed by atoms with Crippen molar-refractivity contribution in [3.8, 4) is 0 Å². The predicted octanol–water partition coefficient (Wildman–Crippen LogP) is 3.12. The Morgan fingerprint density at radius 3 is 2.92 bits per heavy atom. The summed E-state index contributed by atoms with van der Waals surface area (Å²) >= 11 is 0. The van der Waals surface area contributed by atoms with Crippen LogP contribution >= 0.6 is 0 Å². The highest BCUT2D eigenvalue weighted by atomic mass is 16.6. The molecule has 0 saturated carbocycles. The number of hydrogen-bond donors (Lipinski definition) is 0. The van der Waals surface area contributed by atoms with Crippen molar-refractivity contribution < 1.29 is 9.53 Å². The van der Waals surface area contributed by atoms with E-state index in [-0.39, 0.29) is 6.09 Å². The summed E-state index contributed by atoms with van der Waals surface area (Å²) in [6, 6.07) is 2.07. The van der Waals surface area contributed by atoms with Gasteiger partial charge < -0.3 is 14.5 Å². The molecule has 0 aliphatic carbocycles. The average molecular weight is 359 g/mol. The molecule has 7 heteroatoms. The maximum Gasteiger partial charge on any atom is 0.410 e. The van der Waals surface area contributed by atoms with Crippen molar-refractivity contribution >= 4 is 17.4 Å². The Labute approximate surface area is 154 Å². The average Bonchev–Trinajstić information content (AvgIpc) is 2.93. The van der Waals surface area contributed by atoms with Crippen LogP contribution in [0.25, 0.3) is 5.52 Å². The van der Waals surface area contributed by atoms with Crippen molar-refractivity contribution in [2.45, 2.75) is 46.1 Å². The molecule has 2 aromatic rings. The molecule has 1 unspecified atom stereocenters. The van der Waals surface area contributed by atoms with Crippen LogP contribution in [0.5, 0.6) is 0 Å². The first-order chi connectivity index (χ1) is 12.2. The second-order valence-electron chi connectivity index (χ2n) is 8.18. The molecule has 26 heavy (non-hydrogen) atoms. The molecule has 0 N–H and O–H groups in total. The van der Waals surface area contributed by atoms with Crippen LogP contribution < -0.4 is 4.90 Å². The summed E-state index contributed by atoms with van der Waals surface area (Å²) in [7, 11) is 1.81. The largest absolute Gasteiger partial charge is 0.444 e. The fourth-order valence-electron chi connectivity index (χ4n) is 3.48. The molecule has 1 saturated heterocycles. The molecule has 7 nitrogen and oxygen atoms in total. The molecule has 1 fully saturated rings. The molecule has 1 aliphatic heterocycles. The van der Waals surface area contributed by atoms with Crippen LogP contribution in [-0.2, 0) is 4.74 Å². The topological polar surface area (TPSA) is 63.0 Å². The number of aryl methyl sites for hydroxylation is 1. The van der Waals surface area contributed by atoms with E-state index in [1.165, 1.54) is 0 Å². The minimum absolute atomic E-state index is 0.263. The summed E-state index contributed by atoms with van der Waals surface area (Å²) in [5, 5.41) is 4.47. The van der Waals surface area contributed by atoms with Gasteiger partial charge in [-0.3, -0.25) is 0 Å². The molecule has 0 radical (unpaired) electrons. The van der Waals surface area contributed by atoms with E-state index in [0.717, 1.165) is 43.0 Å². The van der Waals surface area contributed by atoms with Crippen molar-refractivity contribution in [3.05, 3.63) is 24.2 Å². The Bertz CT molecular complexity index is 780. The summed E-state index contributed by atoms with van der Waals surface area (Å²) in [4.78, 5) is 20.8. The number of nitrogens with zero attached hydrogens (tertiary/aromatic N) is 5. The summed E-state index contributed by atoms with van der Waals surface area (Å²) in [6.45, 7) is 10.2. The zero-order valence-electron chi connectivity index (χ0n) is 16.4. The van der Waals surface area contributed by atoms with Crippen molar-refractivity contribution in [2.75, 3.05) is 31.6 Å². The van der Waals surface area contributed by atoms with Gasteiger partial charge in [-0.1, -0.05) is 0 Å². The van der Waals surface area contributed by atoms with E-state index in [4.69, 9.17) is 4.74 Å². The van der Waals surface area contributed by atoms with Gasteiger partial charge in [-0.2, -0.15) is 5.10 Å². The van der Waals surface area contributed by atoms with Gasteiger partial charge in [0.25, 0.3) is 0 Å². The molecular weight excluding hydrogens is 330 g/mol. The van der Waals surface area contributed by atoms with E-state index >= 15 is 0 Å². The summed E-state index contributed by atoms with van der Waals surface area (Å²) in [6.07, 6.45) is 5.60. The molecule has 142 valence electrons. The standard InChI is InChI=1S/C19H29N5O2/c1-14-11-16-17(20-8-10-24(16)21-14)23-9-6-7-15(13-23)12-22(5)18(25)26-19(2,3)4/h8,10-11,15H,6-7,9,12-13H2,1-5H3. The van der Waals surface area contributed by atoms with Crippen LogP contribution in [0.3, 0.4) is 0 Å². The lowest BCUT2D eigenvalue weighted by molar-refractivity contribution is 0.0269. The number of aromatic nitrogens is 3. The molecule has 0 bridgehead atoms. The first-order valence-electron chi connectivity index (χ1n) is 9.23. The quantitative estimate of drug-likeness (QED) is 0.842. The van der Waals surface area contributed by atoms with Crippen molar-refractivity contribution in [1.29, 1.82) is 0 Å². The summed E-state index contributed by atoms with van der Waals surface area (Å²) in [5.41, 5.74) is 1.55. The number of carbonyl (C=O) groups is 1. The number of rotatable bonds is 3. The van der Waals surface area contributed by atoms with E-state index < -0.39 is 5.60 Å². The van der Waals surface area contributed by atoms with Gasteiger partial charge in [0, 0.05) is 39.1 Å². The lowest BCUT2D eigenvalue weighted by atomic mass is 9.97. The molecule has 3 rings (SSSR count). The van der Waals surface area contributed by atoms with Crippen LogP contribution in [0.2, 0.25) is 0 Å². The molecule has 2 aromatic heterocycles. The molecule has 1 aliphatic rings. The van der Waals surface area contributed by atoms with Gasteiger partial charge in [-0.05, 0) is 52.5 Å². The van der Waals surface area contributed by atoms with E-state index in [2.05, 4.69) is 21.0 Å². The number of ether oxygens (including phenoxy) is 1. The van der Waals surface area contributed by atoms with Crippen LogP contribution in [0, 0.1) is 12.8 Å². The minimum Gasteiger partial charge on any atom is -0.444 e. The Hall–Kier alpha value is -2.31. The number of piperidine rings is 1. The second kappa shape index (κ2) is 7.13. The number of amides is 1. The zero-order valence-corrected chi connectivity index (χ0v) is 16.4. The first-order valence-corrected chi connectivity index (χ1v) is 9.23. The fraction of sp³-hybridized carbons (Fsp3) is 0.632. The Morgan fingerprint density at radius 2 is 2.19 bits per heavy atom. The third kappa shape index (κ3) is 4.26. The molecule has 0 spiro atoms. The molecule has 1 amide bonds. The highest BCUT2D eigenvalue weighted by Crippen LogP contribution is 2.26. The SMILES string of the molecule is Cc1cc2c(N3CCCC(CN(C)C(=O)OC(C)(C)C)C3)nccn2n1. The van der Waals surface area contributed by atoms with E-state index in [9.17, 15) is 4.79 Å². The maximum absolute atomic E-state index is 12.2. The normalized spacial score (nSPS) is 18.2. The van der Waals surface area contributed by atoms with Gasteiger partial charge in [0.1, 0.15) is 11.1 Å². The summed E-state index contributed by atoms with van der Waals surface area (Å²) in [5.74, 6) is 1.37. The van der Waals surface area contributed by atoms with E-state index in [1.54, 1.807) is 11.1 Å². The van der Waals surface area contributed by atoms with Gasteiger partial charge >= 0.3 is 6.09 Å². The van der Waals surface area contributed by atoms with Gasteiger partial charge in [-0.25, -0.2) is 14.3 Å². The summed E-state index contributed by atoms with van der Waals surface area (Å²) < 4.78 is 7.35. The van der Waals surface area contributed by atoms with Crippen LogP contribution in [0.1, 0.15) is 39.3 Å². The number of hydrogen-bond acceptors (Lipinski definition) is 5. The highest BCUT2D eigenvalue weighted by molar-refractivity contribution is 5.69. The lowest BCUT2D eigenvalue weighted by Gasteiger charge is -2.35. The maximum atomic E-state index is 12.2. The van der Waals surface area contributed by atoms with Crippen molar-refractivity contribution in [3.63, 3.8) is 0 Å². The van der Waals surface area contributed by atoms with Gasteiger partial charge in [0.2, 0.25) is 0 Å². The van der Waals surface area contributed by atoms with Crippen LogP contribution in [0.15, 0.2) is 18.5 Å². The third-order valence-electron chi connectivity index (χ3n) is 4.55. The Balaban J connectivity index is 1.68. The van der Waals surface area contributed by atoms with E-state index in [0.29, 0.717) is 12.5 Å². The Kier molecular flexibility index (Phi) is 5.07. The van der Waals surface area contributed by atoms with Crippen molar-refractivity contribution in [2.24, 2.45) is 5.92 Å². The first kappa shape index (κ1) is 18.5. The minimum atomic E-state index is -0.469. The van der Waals surface area contributed by atoms with Crippen molar-refractivity contribution in [1.82, 2.24) is 19.5 Å². The van der Waals surface area contributed by atoms with Gasteiger partial charge in [0.05, 0.1) is 5.69 Å². The smallest absolute Gasteiger partial charge is 0.410 e. The molecule has 1 atom stereocenters. The van der Waals surface area contributed by atoms with Crippen LogP contribution in [-0.4, -0.2) is 57.9 Å². The van der Waals surface area contributed by atoms with Crippen LogP contribution in [0.4, 0.5) is 10.6 Å². The monoisotopic (exact) mass is 359 g/mol. The predicted molar refractivity (Wildman–Crippen MR) is 102 cm³/mol. The second-order valence-corrected chi connectivity index (χ2v) is 8.18. The van der Waals surface area contributed by atoms with Gasteiger partial charge in [0.15, 0.2) is 5.82 Å². The molecule has 3 heterocycles. The molecular formula is C19H29N5O2.